The van der Waals surface area contributed by atoms with E-state index in [1.165, 1.54) is 82.6 Å². The summed E-state index contributed by atoms with van der Waals surface area (Å²) in [5.74, 6) is 3.22. The minimum absolute atomic E-state index is 0.0927. The molecule has 0 saturated heterocycles. The molecule has 52 heavy (non-hydrogen) atoms. The van der Waals surface area contributed by atoms with Crippen LogP contribution in [0.5, 0.6) is 5.75 Å². The van der Waals surface area contributed by atoms with Crippen LogP contribution in [0.4, 0.5) is 0 Å². The number of hydrogen-bond donors (Lipinski definition) is 2. The monoisotopic (exact) mass is 725 g/mol. The fraction of sp³-hybridized carbons (Fsp3) is 0.733. The average Bonchev–Trinajstić information content (AvgIpc) is 3.15. The Morgan fingerprint density at radius 2 is 1.23 bits per heavy atom. The Bertz CT molecular complexity index is 1190. The van der Waals surface area contributed by atoms with Crippen LogP contribution in [0.25, 0.3) is 0 Å². The molecule has 0 amide bonds. The smallest absolute Gasteiger partial charge is 0.333 e. The third-order valence-corrected chi connectivity index (χ3v) is 12.0. The molecule has 0 bridgehead atoms. The molecule has 7 nitrogen and oxygen atoms in total. The van der Waals surface area contributed by atoms with E-state index in [0.29, 0.717) is 75.4 Å². The molecule has 1 aromatic carbocycles. The maximum Gasteiger partial charge on any atom is 0.333 e. The van der Waals surface area contributed by atoms with E-state index in [4.69, 9.17) is 14.2 Å². The van der Waals surface area contributed by atoms with E-state index in [1.807, 2.05) is 0 Å². The van der Waals surface area contributed by atoms with E-state index in [-0.39, 0.29) is 25.2 Å². The van der Waals surface area contributed by atoms with E-state index in [1.54, 1.807) is 13.8 Å². The van der Waals surface area contributed by atoms with E-state index in [2.05, 4.69) is 39.1 Å². The predicted molar refractivity (Wildman–Crippen MR) is 211 cm³/mol. The molecular weight excluding hydrogens is 652 g/mol. The van der Waals surface area contributed by atoms with Crippen LogP contribution in [0.15, 0.2) is 36.4 Å². The standard InChI is InChI=1S/C45H72O7/c1-7-9-10-13-35-16-18-36(19-17-35)37-20-22-38(23-21-37)41-29-39(14-11-26-51-43(48)33(3)4)42(50-28-25-45(31-46,32-47)24-8-2)40(30-41)15-12-27-52-44(49)34(5)6/h29-30,35-38,46-47H,3,5,7-28,31-32H2,1-2,4,6H3. The molecule has 0 aliphatic heterocycles. The van der Waals surface area contributed by atoms with Gasteiger partial charge in [0.1, 0.15) is 5.75 Å². The number of aliphatic hydroxyl groups is 2. The highest BCUT2D eigenvalue weighted by Gasteiger charge is 2.32. The van der Waals surface area contributed by atoms with Gasteiger partial charge in [0, 0.05) is 16.6 Å². The molecule has 0 atom stereocenters. The molecule has 0 unspecified atom stereocenters. The van der Waals surface area contributed by atoms with Crippen molar-refractivity contribution < 1.29 is 34.0 Å². The molecule has 0 aromatic heterocycles. The van der Waals surface area contributed by atoms with Gasteiger partial charge in [0.2, 0.25) is 0 Å². The van der Waals surface area contributed by atoms with Gasteiger partial charge in [-0.3, -0.25) is 0 Å². The SMILES string of the molecule is C=C(C)C(=O)OCCCc1cc(C2CCC(C3CCC(CCCCC)CC3)CC2)cc(CCCOC(=O)C(=C)C)c1OCCC(CO)(CO)CCC. The van der Waals surface area contributed by atoms with Gasteiger partial charge in [0.15, 0.2) is 0 Å². The van der Waals surface area contributed by atoms with Gasteiger partial charge in [0.05, 0.1) is 33.0 Å². The second-order valence-corrected chi connectivity index (χ2v) is 16.3. The van der Waals surface area contributed by atoms with Crippen LogP contribution in [-0.4, -0.2) is 55.2 Å². The van der Waals surface area contributed by atoms with Gasteiger partial charge in [-0.05, 0) is 131 Å². The number of aryl methyl sites for hydroxylation is 2. The van der Waals surface area contributed by atoms with Crippen LogP contribution in [0, 0.1) is 23.2 Å². The summed E-state index contributed by atoms with van der Waals surface area (Å²) in [5.41, 5.74) is 3.72. The van der Waals surface area contributed by atoms with Crippen LogP contribution in [0.3, 0.4) is 0 Å². The first-order chi connectivity index (χ1) is 25.1. The summed E-state index contributed by atoms with van der Waals surface area (Å²) in [6, 6.07) is 4.65. The molecule has 294 valence electrons. The first kappa shape index (κ1) is 43.8. The van der Waals surface area contributed by atoms with Crippen molar-refractivity contribution in [1.82, 2.24) is 0 Å². The van der Waals surface area contributed by atoms with Gasteiger partial charge >= 0.3 is 11.9 Å². The number of carbonyl (C=O) groups is 2. The van der Waals surface area contributed by atoms with E-state index < -0.39 is 5.41 Å². The summed E-state index contributed by atoms with van der Waals surface area (Å²) < 4.78 is 17.5. The summed E-state index contributed by atoms with van der Waals surface area (Å²) in [5, 5.41) is 20.4. The summed E-state index contributed by atoms with van der Waals surface area (Å²) in [7, 11) is 0. The van der Waals surface area contributed by atoms with Crippen LogP contribution < -0.4 is 4.74 Å². The number of unbranched alkanes of at least 4 members (excludes halogenated alkanes) is 2. The number of ether oxygens (including phenoxy) is 3. The molecule has 2 aliphatic rings. The van der Waals surface area contributed by atoms with Crippen molar-refractivity contribution in [2.24, 2.45) is 23.2 Å². The second-order valence-electron chi connectivity index (χ2n) is 16.3. The summed E-state index contributed by atoms with van der Waals surface area (Å²) >= 11 is 0. The maximum atomic E-state index is 12.1. The number of hydrogen-bond acceptors (Lipinski definition) is 7. The lowest BCUT2D eigenvalue weighted by atomic mass is 9.67. The van der Waals surface area contributed by atoms with Crippen molar-refractivity contribution in [2.75, 3.05) is 33.0 Å². The summed E-state index contributed by atoms with van der Waals surface area (Å²) in [6.45, 7) is 15.8. The molecule has 3 rings (SSSR count). The fourth-order valence-corrected chi connectivity index (χ4v) is 8.62. The molecular formula is C45H72O7. The van der Waals surface area contributed by atoms with Crippen LogP contribution in [0.2, 0.25) is 0 Å². The minimum Gasteiger partial charge on any atom is -0.493 e. The van der Waals surface area contributed by atoms with Gasteiger partial charge in [-0.15, -0.1) is 0 Å². The lowest BCUT2D eigenvalue weighted by Gasteiger charge is -2.38. The third kappa shape index (κ3) is 14.0. The van der Waals surface area contributed by atoms with Crippen LogP contribution in [0.1, 0.15) is 159 Å². The Hall–Kier alpha value is -2.64. The highest BCUT2D eigenvalue weighted by Crippen LogP contribution is 2.45. The van der Waals surface area contributed by atoms with Crippen molar-refractivity contribution >= 4 is 11.9 Å². The van der Waals surface area contributed by atoms with Gasteiger partial charge in [-0.2, -0.15) is 0 Å². The van der Waals surface area contributed by atoms with E-state index >= 15 is 0 Å². The van der Waals surface area contributed by atoms with E-state index in [9.17, 15) is 19.8 Å². The lowest BCUT2D eigenvalue weighted by Crippen LogP contribution is -2.31. The second kappa shape index (κ2) is 23.2. The fourth-order valence-electron chi connectivity index (χ4n) is 8.62. The van der Waals surface area contributed by atoms with Crippen molar-refractivity contribution in [1.29, 1.82) is 0 Å². The predicted octanol–water partition coefficient (Wildman–Crippen LogP) is 9.99. The topological polar surface area (TPSA) is 102 Å². The first-order valence-corrected chi connectivity index (χ1v) is 20.7. The van der Waals surface area contributed by atoms with Crippen LogP contribution >= 0.6 is 0 Å². The number of rotatable bonds is 24. The van der Waals surface area contributed by atoms with E-state index in [0.717, 1.165) is 41.1 Å². The van der Waals surface area contributed by atoms with Crippen LogP contribution in [-0.2, 0) is 31.9 Å². The molecule has 2 fully saturated rings. The largest absolute Gasteiger partial charge is 0.493 e. The Morgan fingerprint density at radius 1 is 0.712 bits per heavy atom. The van der Waals surface area contributed by atoms with Gasteiger partial charge in [-0.1, -0.05) is 84.1 Å². The Balaban J connectivity index is 1.80. The zero-order valence-corrected chi connectivity index (χ0v) is 33.3. The maximum absolute atomic E-state index is 12.1. The first-order valence-electron chi connectivity index (χ1n) is 20.7. The van der Waals surface area contributed by atoms with Gasteiger partial charge < -0.3 is 24.4 Å². The Labute approximate surface area is 316 Å². The molecule has 2 aliphatic carbocycles. The molecule has 1 aromatic rings. The van der Waals surface area contributed by atoms with Gasteiger partial charge in [-0.25, -0.2) is 9.59 Å². The number of aliphatic hydroxyl groups excluding tert-OH is 2. The zero-order valence-electron chi connectivity index (χ0n) is 33.3. The average molecular weight is 725 g/mol. The quantitative estimate of drug-likeness (QED) is 0.0622. The molecule has 0 radical (unpaired) electrons. The Kier molecular flexibility index (Phi) is 19.5. The molecule has 2 saturated carbocycles. The van der Waals surface area contributed by atoms with Crippen molar-refractivity contribution in [3.8, 4) is 5.75 Å². The molecule has 7 heteroatoms. The van der Waals surface area contributed by atoms with Gasteiger partial charge in [0.25, 0.3) is 0 Å². The Morgan fingerprint density at radius 3 is 1.69 bits per heavy atom. The van der Waals surface area contributed by atoms with Crippen molar-refractivity contribution in [3.05, 3.63) is 53.1 Å². The highest BCUT2D eigenvalue weighted by molar-refractivity contribution is 5.87. The van der Waals surface area contributed by atoms with Crippen molar-refractivity contribution in [3.63, 3.8) is 0 Å². The number of benzene rings is 1. The molecule has 2 N–H and O–H groups in total. The minimum atomic E-state index is -0.588. The number of carbonyl (C=O) groups excluding carboxylic acids is 2. The molecule has 0 heterocycles. The number of esters is 2. The third-order valence-electron chi connectivity index (χ3n) is 12.0. The summed E-state index contributed by atoms with van der Waals surface area (Å²) in [4.78, 5) is 24.2. The highest BCUT2D eigenvalue weighted by atomic mass is 16.5. The zero-order chi connectivity index (χ0) is 37.9. The van der Waals surface area contributed by atoms with Crippen molar-refractivity contribution in [2.45, 2.75) is 156 Å². The normalized spacial score (nSPS) is 20.7. The lowest BCUT2D eigenvalue weighted by molar-refractivity contribution is -0.139. The summed E-state index contributed by atoms with van der Waals surface area (Å²) in [6.07, 6.45) is 20.9. The molecule has 0 spiro atoms.